The third-order valence-corrected chi connectivity index (χ3v) is 4.04. The standard InChI is InChI=1S/C20H16N6O/c1-13-7-5-6-10-15(13)17-23-20(26-25-17)24-19(27)18-21-12-11-16(22-18)14-8-3-2-4-9-14/h2-12H,1H3,(H2,23,24,25,26,27). The van der Waals surface area contributed by atoms with Gasteiger partial charge in [-0.1, -0.05) is 54.6 Å². The number of anilines is 1. The number of aromatic amines is 1. The highest BCUT2D eigenvalue weighted by molar-refractivity contribution is 6.00. The van der Waals surface area contributed by atoms with Crippen LogP contribution in [0.25, 0.3) is 22.6 Å². The van der Waals surface area contributed by atoms with Crippen molar-refractivity contribution >= 4 is 11.9 Å². The molecule has 4 rings (SSSR count). The van der Waals surface area contributed by atoms with E-state index in [0.29, 0.717) is 11.5 Å². The number of carbonyl (C=O) groups is 1. The monoisotopic (exact) mass is 356 g/mol. The number of nitrogens with one attached hydrogen (secondary N) is 2. The highest BCUT2D eigenvalue weighted by Gasteiger charge is 2.14. The van der Waals surface area contributed by atoms with E-state index >= 15 is 0 Å². The summed E-state index contributed by atoms with van der Waals surface area (Å²) in [6.45, 7) is 1.99. The number of hydrogen-bond donors (Lipinski definition) is 2. The summed E-state index contributed by atoms with van der Waals surface area (Å²) in [5, 5.41) is 9.53. The summed E-state index contributed by atoms with van der Waals surface area (Å²) in [6.07, 6.45) is 1.56. The van der Waals surface area contributed by atoms with E-state index in [0.717, 1.165) is 16.7 Å². The van der Waals surface area contributed by atoms with Gasteiger partial charge in [0, 0.05) is 17.3 Å². The molecule has 4 aromatic rings. The van der Waals surface area contributed by atoms with Gasteiger partial charge in [-0.25, -0.2) is 9.97 Å². The van der Waals surface area contributed by atoms with Crippen LogP contribution in [0.5, 0.6) is 0 Å². The predicted molar refractivity (Wildman–Crippen MR) is 102 cm³/mol. The van der Waals surface area contributed by atoms with Crippen LogP contribution < -0.4 is 5.32 Å². The van der Waals surface area contributed by atoms with Gasteiger partial charge < -0.3 is 0 Å². The first kappa shape index (κ1) is 16.6. The van der Waals surface area contributed by atoms with E-state index < -0.39 is 5.91 Å². The zero-order chi connectivity index (χ0) is 18.6. The smallest absolute Gasteiger partial charge is 0.286 e. The molecule has 0 saturated heterocycles. The van der Waals surface area contributed by atoms with Crippen molar-refractivity contribution in [3.05, 3.63) is 78.2 Å². The van der Waals surface area contributed by atoms with E-state index in [1.165, 1.54) is 0 Å². The number of aromatic nitrogens is 5. The van der Waals surface area contributed by atoms with Gasteiger partial charge in [-0.05, 0) is 18.6 Å². The number of carbonyl (C=O) groups excluding carboxylic acids is 1. The van der Waals surface area contributed by atoms with Gasteiger partial charge in [0.2, 0.25) is 11.8 Å². The highest BCUT2D eigenvalue weighted by Crippen LogP contribution is 2.20. The lowest BCUT2D eigenvalue weighted by molar-refractivity contribution is 0.101. The Bertz CT molecular complexity index is 1090. The van der Waals surface area contributed by atoms with Crippen molar-refractivity contribution in [3.63, 3.8) is 0 Å². The zero-order valence-electron chi connectivity index (χ0n) is 14.5. The molecule has 7 heteroatoms. The molecule has 0 aliphatic rings. The van der Waals surface area contributed by atoms with E-state index in [2.05, 4.69) is 30.5 Å². The molecule has 1 amide bonds. The second-order valence-electron chi connectivity index (χ2n) is 5.91. The summed E-state index contributed by atoms with van der Waals surface area (Å²) in [5.74, 6) is 0.344. The summed E-state index contributed by atoms with van der Waals surface area (Å²) >= 11 is 0. The first-order valence-corrected chi connectivity index (χ1v) is 8.39. The lowest BCUT2D eigenvalue weighted by Crippen LogP contribution is -2.16. The molecule has 2 N–H and O–H groups in total. The average Bonchev–Trinajstić information content (AvgIpc) is 3.17. The second kappa shape index (κ2) is 7.17. The number of benzene rings is 2. The second-order valence-corrected chi connectivity index (χ2v) is 5.91. The van der Waals surface area contributed by atoms with Crippen LogP contribution in [0.4, 0.5) is 5.95 Å². The number of rotatable bonds is 4. The van der Waals surface area contributed by atoms with Crippen molar-refractivity contribution in [1.29, 1.82) is 0 Å². The normalized spacial score (nSPS) is 10.6. The predicted octanol–water partition coefficient (Wildman–Crippen LogP) is 3.49. The maximum Gasteiger partial charge on any atom is 0.295 e. The van der Waals surface area contributed by atoms with Gasteiger partial charge in [-0.15, -0.1) is 5.10 Å². The fourth-order valence-electron chi connectivity index (χ4n) is 2.67. The van der Waals surface area contributed by atoms with Crippen molar-refractivity contribution in [2.45, 2.75) is 6.92 Å². The molecule has 0 bridgehead atoms. The van der Waals surface area contributed by atoms with E-state index in [4.69, 9.17) is 0 Å². The molecule has 0 aliphatic heterocycles. The van der Waals surface area contributed by atoms with Crippen LogP contribution in [0.3, 0.4) is 0 Å². The number of hydrogen-bond acceptors (Lipinski definition) is 5. The zero-order valence-corrected chi connectivity index (χ0v) is 14.5. The van der Waals surface area contributed by atoms with Gasteiger partial charge in [-0.2, -0.15) is 4.98 Å². The first-order chi connectivity index (χ1) is 13.2. The van der Waals surface area contributed by atoms with Crippen molar-refractivity contribution in [1.82, 2.24) is 25.1 Å². The SMILES string of the molecule is Cc1ccccc1-c1nc(NC(=O)c2nccc(-c3ccccc3)n2)n[nH]1. The maximum atomic E-state index is 12.5. The summed E-state index contributed by atoms with van der Waals surface area (Å²) in [7, 11) is 0. The quantitative estimate of drug-likeness (QED) is 0.583. The maximum absolute atomic E-state index is 12.5. The molecule has 0 radical (unpaired) electrons. The molecular formula is C20H16N6O. The van der Waals surface area contributed by atoms with Crippen LogP contribution in [-0.4, -0.2) is 31.1 Å². The first-order valence-electron chi connectivity index (χ1n) is 8.39. The van der Waals surface area contributed by atoms with E-state index in [1.807, 2.05) is 61.5 Å². The Kier molecular flexibility index (Phi) is 4.40. The van der Waals surface area contributed by atoms with Crippen molar-refractivity contribution in [2.75, 3.05) is 5.32 Å². The topological polar surface area (TPSA) is 96.5 Å². The molecule has 132 valence electrons. The fourth-order valence-corrected chi connectivity index (χ4v) is 2.67. The number of amides is 1. The van der Waals surface area contributed by atoms with Gasteiger partial charge >= 0.3 is 0 Å². The summed E-state index contributed by atoms with van der Waals surface area (Å²) in [4.78, 5) is 25.2. The molecule has 0 spiro atoms. The molecule has 0 atom stereocenters. The lowest BCUT2D eigenvalue weighted by Gasteiger charge is -2.03. The molecular weight excluding hydrogens is 340 g/mol. The number of H-pyrrole nitrogens is 1. The molecule has 0 saturated carbocycles. The number of nitrogens with zero attached hydrogens (tertiary/aromatic N) is 4. The average molecular weight is 356 g/mol. The molecule has 2 heterocycles. The van der Waals surface area contributed by atoms with Crippen molar-refractivity contribution in [2.24, 2.45) is 0 Å². The highest BCUT2D eigenvalue weighted by atomic mass is 16.2. The van der Waals surface area contributed by atoms with Gasteiger partial charge in [0.1, 0.15) is 0 Å². The third-order valence-electron chi connectivity index (χ3n) is 4.04. The fraction of sp³-hybridized carbons (Fsp3) is 0.0500. The van der Waals surface area contributed by atoms with Crippen LogP contribution in [0, 0.1) is 6.92 Å². The Labute approximate surface area is 155 Å². The van der Waals surface area contributed by atoms with Gasteiger partial charge in [0.15, 0.2) is 5.82 Å². The summed E-state index contributed by atoms with van der Waals surface area (Å²) in [5.41, 5.74) is 3.57. The molecule has 0 aliphatic carbocycles. The minimum Gasteiger partial charge on any atom is -0.286 e. The minimum absolute atomic E-state index is 0.0543. The van der Waals surface area contributed by atoms with Gasteiger partial charge in [-0.3, -0.25) is 15.2 Å². The Balaban J connectivity index is 1.54. The van der Waals surface area contributed by atoms with E-state index in [-0.39, 0.29) is 11.8 Å². The Morgan fingerprint density at radius 1 is 0.963 bits per heavy atom. The van der Waals surface area contributed by atoms with Crippen LogP contribution in [0.1, 0.15) is 16.2 Å². The van der Waals surface area contributed by atoms with E-state index in [9.17, 15) is 4.79 Å². The lowest BCUT2D eigenvalue weighted by atomic mass is 10.1. The number of aryl methyl sites for hydroxylation is 1. The van der Waals surface area contributed by atoms with Crippen LogP contribution in [0.2, 0.25) is 0 Å². The van der Waals surface area contributed by atoms with Crippen molar-refractivity contribution < 1.29 is 4.79 Å². The molecule has 2 aromatic heterocycles. The van der Waals surface area contributed by atoms with Crippen LogP contribution in [0.15, 0.2) is 66.9 Å². The van der Waals surface area contributed by atoms with Gasteiger partial charge in [0.05, 0.1) is 5.69 Å². The van der Waals surface area contributed by atoms with Crippen LogP contribution >= 0.6 is 0 Å². The molecule has 0 fully saturated rings. The molecule has 2 aromatic carbocycles. The Hall–Kier alpha value is -3.87. The van der Waals surface area contributed by atoms with Crippen molar-refractivity contribution in [3.8, 4) is 22.6 Å². The Morgan fingerprint density at radius 2 is 1.74 bits per heavy atom. The summed E-state index contributed by atoms with van der Waals surface area (Å²) in [6, 6.07) is 19.2. The van der Waals surface area contributed by atoms with Crippen LogP contribution in [-0.2, 0) is 0 Å². The van der Waals surface area contributed by atoms with E-state index in [1.54, 1.807) is 12.3 Å². The molecule has 0 unspecified atom stereocenters. The molecule has 7 nitrogen and oxygen atoms in total. The molecule has 27 heavy (non-hydrogen) atoms. The minimum atomic E-state index is -0.469. The summed E-state index contributed by atoms with van der Waals surface area (Å²) < 4.78 is 0. The third kappa shape index (κ3) is 3.57. The largest absolute Gasteiger partial charge is 0.295 e. The Morgan fingerprint density at radius 3 is 2.56 bits per heavy atom. The van der Waals surface area contributed by atoms with Gasteiger partial charge in [0.25, 0.3) is 5.91 Å².